The van der Waals surface area contributed by atoms with Crippen LogP contribution in [0, 0.1) is 21.4 Å². The molecule has 29 heteroatoms. The molecule has 5 rings (SSSR count). The zero-order valence-electron chi connectivity index (χ0n) is 31.7. The minimum atomic E-state index is -5.05. The van der Waals surface area contributed by atoms with Gasteiger partial charge in [-0.1, -0.05) is 0 Å². The first-order chi connectivity index (χ1) is 28.6. The van der Waals surface area contributed by atoms with E-state index in [9.17, 15) is 67.1 Å². The van der Waals surface area contributed by atoms with Gasteiger partial charge in [0, 0.05) is 6.07 Å². The summed E-state index contributed by atoms with van der Waals surface area (Å²) in [5.41, 5.74) is -0.997. The van der Waals surface area contributed by atoms with Gasteiger partial charge in [-0.05, 0) is 24.3 Å². The van der Waals surface area contributed by atoms with Gasteiger partial charge in [0.1, 0.15) is 11.4 Å². The van der Waals surface area contributed by atoms with Crippen molar-refractivity contribution in [2.45, 2.75) is 36.4 Å². The summed E-state index contributed by atoms with van der Waals surface area (Å²) in [4.78, 5) is 41.5. The van der Waals surface area contributed by atoms with Gasteiger partial charge in [-0.2, -0.15) is 23.2 Å². The second kappa shape index (κ2) is 22.1. The third kappa shape index (κ3) is 17.1. The average molecular weight is 1020 g/mol. The van der Waals surface area contributed by atoms with Gasteiger partial charge in [-0.3, -0.25) is 15.8 Å². The quantitative estimate of drug-likeness (QED) is 0.0326. The molecule has 1 aliphatic rings. The summed E-state index contributed by atoms with van der Waals surface area (Å²) in [5.74, 6) is -5.08. The molecule has 0 bridgehead atoms. The molecule has 0 spiro atoms. The predicted molar refractivity (Wildman–Crippen MR) is 194 cm³/mol. The van der Waals surface area contributed by atoms with Crippen LogP contribution in [-0.4, -0.2) is 76.7 Å². The van der Waals surface area contributed by atoms with Crippen LogP contribution in [0.5, 0.6) is 11.6 Å². The normalized spacial score (nSPS) is 13.2. The standard InChI is InChI=1S/C10H10F3IO.2C8H6F4N2O3.C7H7FN2O3/c1-9(2)7-5-3-4-6-8(7)14(15-9)10(11,12)13;1-16-7(15)14-4-3-13-6(9)2-5(4)17-8(10,11)12;1-16-7(15)13-4-2-3-5(9)14-6(4)17-8(10,11)12;1-13-7(11)10(12)5-2-3-6(8)9-4-5/h3-6H,1-2H3;2-3H,1H3,(H,14,15);2-3H,1H3,(H,13,15);2-4,12H,1H3. The second-order valence-corrected chi connectivity index (χ2v) is 15.4. The van der Waals surface area contributed by atoms with Crippen molar-refractivity contribution in [2.75, 3.05) is 37.0 Å². The van der Waals surface area contributed by atoms with Crippen molar-refractivity contribution in [3.05, 3.63) is 94.0 Å². The van der Waals surface area contributed by atoms with Crippen molar-refractivity contribution in [2.24, 2.45) is 0 Å². The minimum absolute atomic E-state index is 0.0354. The molecule has 0 saturated heterocycles. The van der Waals surface area contributed by atoms with Crippen LogP contribution < -0.4 is 25.2 Å². The first-order valence-electron chi connectivity index (χ1n) is 15.9. The SMILES string of the molecule is CC1(C)OI(C(F)(F)F)c2ccccc21.COC(=O)N(O)c1ccc(F)nc1.COC(=O)Nc1ccc(F)nc1OC(F)(F)F.COC(=O)Nc1cnc(F)cc1OC(F)(F)F. The third-order valence-electron chi connectivity index (χ3n) is 6.42. The topological polar surface area (TPSA) is 193 Å². The fraction of sp³-hybridized carbons (Fsp3) is 0.273. The number of methoxy groups -OCH3 is 3. The molecule has 0 atom stereocenters. The zero-order chi connectivity index (χ0) is 47.2. The van der Waals surface area contributed by atoms with Crippen LogP contribution in [0.4, 0.5) is 84.1 Å². The number of nitrogens with zero attached hydrogens (tertiary/aromatic N) is 4. The zero-order valence-corrected chi connectivity index (χ0v) is 33.8. The van der Waals surface area contributed by atoms with Crippen molar-refractivity contribution >= 4 is 55.6 Å². The number of hydrogen-bond acceptors (Lipinski definition) is 13. The Kier molecular flexibility index (Phi) is 18.6. The van der Waals surface area contributed by atoms with E-state index in [1.54, 1.807) is 38.1 Å². The summed E-state index contributed by atoms with van der Waals surface area (Å²) in [6.45, 7) is 3.38. The van der Waals surface area contributed by atoms with Crippen LogP contribution >= 0.6 is 20.2 Å². The Labute approximate surface area is 347 Å². The molecular weight excluding hydrogens is 995 g/mol. The number of halogens is 13. The number of benzene rings is 1. The molecule has 62 heavy (non-hydrogen) atoms. The number of ether oxygens (including phenoxy) is 5. The maximum absolute atomic E-state index is 12.7. The van der Waals surface area contributed by atoms with Gasteiger partial charge < -0.3 is 23.7 Å². The number of alkyl halides is 10. The van der Waals surface area contributed by atoms with E-state index in [1.807, 2.05) is 10.6 Å². The number of hydrogen-bond donors (Lipinski definition) is 3. The Hall–Kier alpha value is -6.11. The third-order valence-corrected chi connectivity index (χ3v) is 11.1. The van der Waals surface area contributed by atoms with Gasteiger partial charge in [-0.25, -0.2) is 24.4 Å². The first-order valence-corrected chi connectivity index (χ1v) is 18.9. The summed E-state index contributed by atoms with van der Waals surface area (Å²) < 4.78 is 168. The van der Waals surface area contributed by atoms with Gasteiger partial charge in [0.15, 0.2) is 5.75 Å². The van der Waals surface area contributed by atoms with Crippen molar-refractivity contribution in [1.82, 2.24) is 15.0 Å². The van der Waals surface area contributed by atoms with Gasteiger partial charge in [-0.15, -0.1) is 26.3 Å². The second-order valence-electron chi connectivity index (χ2n) is 11.2. The van der Waals surface area contributed by atoms with E-state index in [0.717, 1.165) is 45.7 Å². The first kappa shape index (κ1) is 52.0. The van der Waals surface area contributed by atoms with Crippen molar-refractivity contribution in [1.29, 1.82) is 0 Å². The molecule has 3 amide bonds. The van der Waals surface area contributed by atoms with Crippen molar-refractivity contribution in [3.8, 4) is 11.6 Å². The molecule has 0 radical (unpaired) electrons. The van der Waals surface area contributed by atoms with E-state index >= 15 is 0 Å². The number of carbonyl (C=O) groups excluding carboxylic acids is 3. The van der Waals surface area contributed by atoms with Gasteiger partial charge in [0.25, 0.3) is 0 Å². The molecule has 1 aromatic carbocycles. The molecule has 4 heterocycles. The van der Waals surface area contributed by atoms with Crippen molar-refractivity contribution < 1.29 is 99.0 Å². The van der Waals surface area contributed by atoms with Gasteiger partial charge >= 0.3 is 125 Å². The van der Waals surface area contributed by atoms with E-state index < -0.39 is 102 Å². The fourth-order valence-corrected chi connectivity index (χ4v) is 8.33. The van der Waals surface area contributed by atoms with Crippen LogP contribution in [0.1, 0.15) is 19.4 Å². The molecule has 3 aromatic heterocycles. The number of rotatable bonds is 5. The molecule has 4 aromatic rings. The predicted octanol–water partition coefficient (Wildman–Crippen LogP) is 9.84. The Morgan fingerprint density at radius 2 is 1.27 bits per heavy atom. The number of carbonyl (C=O) groups is 3. The number of pyridine rings is 3. The molecule has 0 aliphatic carbocycles. The van der Waals surface area contributed by atoms with Crippen LogP contribution in [0.3, 0.4) is 0 Å². The van der Waals surface area contributed by atoms with E-state index in [4.69, 9.17) is 8.27 Å². The minimum Gasteiger partial charge on any atom is -0.453 e. The maximum Gasteiger partial charge on any atom is 0.574 e. The molecule has 1 aliphatic heterocycles. The molecule has 0 saturated carbocycles. The Bertz CT molecular complexity index is 2050. The number of aromatic nitrogens is 3. The molecule has 16 nitrogen and oxygen atoms in total. The molecule has 342 valence electrons. The summed E-state index contributed by atoms with van der Waals surface area (Å²) in [6.07, 6.45) is -11.4. The molecule has 3 N–H and O–H groups in total. The molecule has 0 unspecified atom stereocenters. The largest absolute Gasteiger partial charge is 0.574 e. The van der Waals surface area contributed by atoms with Crippen LogP contribution in [0.25, 0.3) is 0 Å². The van der Waals surface area contributed by atoms with Crippen LogP contribution in [0.2, 0.25) is 0 Å². The molecule has 0 fully saturated rings. The molecular formula is C33H29F12IN6O10. The number of amides is 3. The number of anilines is 3. The summed E-state index contributed by atoms with van der Waals surface area (Å²) in [7, 11) is 3.13. The number of hydroxylamine groups is 1. The summed E-state index contributed by atoms with van der Waals surface area (Å²) in [5, 5.41) is 13.1. The van der Waals surface area contributed by atoms with E-state index in [2.05, 4.69) is 38.6 Å². The number of fused-ring (bicyclic) bond motifs is 1. The van der Waals surface area contributed by atoms with Gasteiger partial charge in [0.2, 0.25) is 23.7 Å². The smallest absolute Gasteiger partial charge is 0.453 e. The Balaban J connectivity index is 0.000000286. The van der Waals surface area contributed by atoms with E-state index in [-0.39, 0.29) is 10.8 Å². The van der Waals surface area contributed by atoms with Gasteiger partial charge in [0.05, 0.1) is 39.4 Å². The average Bonchev–Trinajstić information content (AvgIpc) is 3.47. The van der Waals surface area contributed by atoms with Crippen LogP contribution in [-0.2, 0) is 22.9 Å². The Morgan fingerprint density at radius 3 is 1.79 bits per heavy atom. The summed E-state index contributed by atoms with van der Waals surface area (Å²) in [6, 6.07) is 10.9. The Morgan fingerprint density at radius 1 is 0.726 bits per heavy atom. The van der Waals surface area contributed by atoms with E-state index in [0.29, 0.717) is 21.4 Å². The van der Waals surface area contributed by atoms with Crippen LogP contribution in [0.15, 0.2) is 67.0 Å². The fourth-order valence-electron chi connectivity index (χ4n) is 3.96. The monoisotopic (exact) mass is 1020 g/mol. The maximum atomic E-state index is 12.7. The van der Waals surface area contributed by atoms with Crippen molar-refractivity contribution in [3.63, 3.8) is 0 Å². The van der Waals surface area contributed by atoms with E-state index in [1.165, 1.54) is 6.07 Å². The number of nitrogens with one attached hydrogen (secondary N) is 2. The summed E-state index contributed by atoms with van der Waals surface area (Å²) >= 11 is -3.48.